The highest BCUT2D eigenvalue weighted by molar-refractivity contribution is 7.89. The fourth-order valence-corrected chi connectivity index (χ4v) is 3.26. The van der Waals surface area contributed by atoms with Crippen LogP contribution in [0.25, 0.3) is 5.69 Å². The molecule has 7 nitrogen and oxygen atoms in total. The minimum Gasteiger partial charge on any atom is -0.322 e. The lowest BCUT2D eigenvalue weighted by atomic mass is 10.3. The van der Waals surface area contributed by atoms with Crippen LogP contribution in [0.3, 0.4) is 0 Å². The number of nitrogens with zero attached hydrogens (tertiary/aromatic N) is 3. The van der Waals surface area contributed by atoms with Crippen molar-refractivity contribution in [3.05, 3.63) is 72.6 Å². The smallest absolute Gasteiger partial charge is 0.258 e. The number of amides is 1. The number of anilines is 1. The molecule has 2 aromatic carbocycles. The van der Waals surface area contributed by atoms with Gasteiger partial charge in [-0.05, 0) is 30.3 Å². The third-order valence-corrected chi connectivity index (χ3v) is 5.55. The summed E-state index contributed by atoms with van der Waals surface area (Å²) in [5, 5.41) is 6.88. The molecule has 134 valence electrons. The second-order valence-corrected chi connectivity index (χ2v) is 7.93. The van der Waals surface area contributed by atoms with E-state index in [0.717, 1.165) is 9.99 Å². The zero-order valence-corrected chi connectivity index (χ0v) is 15.1. The molecule has 1 heterocycles. The fraction of sp³-hybridized carbons (Fsp3) is 0.111. The zero-order chi connectivity index (χ0) is 18.7. The van der Waals surface area contributed by atoms with Gasteiger partial charge in [-0.25, -0.2) is 17.4 Å². The van der Waals surface area contributed by atoms with Crippen molar-refractivity contribution in [2.24, 2.45) is 0 Å². The van der Waals surface area contributed by atoms with Crippen molar-refractivity contribution < 1.29 is 13.2 Å². The first-order chi connectivity index (χ1) is 12.4. The van der Waals surface area contributed by atoms with Crippen LogP contribution in [0.1, 0.15) is 10.4 Å². The second-order valence-electron chi connectivity index (χ2n) is 5.78. The van der Waals surface area contributed by atoms with Gasteiger partial charge in [0, 0.05) is 26.0 Å². The van der Waals surface area contributed by atoms with Crippen LogP contribution >= 0.6 is 0 Å². The molecule has 8 heteroatoms. The van der Waals surface area contributed by atoms with Crippen LogP contribution in [-0.2, 0) is 10.0 Å². The van der Waals surface area contributed by atoms with E-state index >= 15 is 0 Å². The molecule has 0 spiro atoms. The Bertz CT molecular complexity index is 1030. The molecule has 0 saturated carbocycles. The molecule has 0 aliphatic carbocycles. The third kappa shape index (κ3) is 3.66. The molecule has 0 aliphatic heterocycles. The van der Waals surface area contributed by atoms with Crippen LogP contribution < -0.4 is 5.32 Å². The Kier molecular flexibility index (Phi) is 4.88. The predicted octanol–water partition coefficient (Wildman–Crippen LogP) is 2.37. The van der Waals surface area contributed by atoms with Crippen LogP contribution in [0.15, 0.2) is 71.9 Å². The van der Waals surface area contributed by atoms with E-state index in [-0.39, 0.29) is 10.8 Å². The van der Waals surface area contributed by atoms with Crippen LogP contribution in [-0.4, -0.2) is 42.5 Å². The lowest BCUT2D eigenvalue weighted by molar-refractivity contribution is 0.102. The van der Waals surface area contributed by atoms with Gasteiger partial charge in [0.1, 0.15) is 0 Å². The van der Waals surface area contributed by atoms with E-state index in [9.17, 15) is 13.2 Å². The molecule has 0 bridgehead atoms. The number of carbonyl (C=O) groups is 1. The van der Waals surface area contributed by atoms with Crippen molar-refractivity contribution in [2.75, 3.05) is 19.4 Å². The number of hydrogen-bond acceptors (Lipinski definition) is 4. The van der Waals surface area contributed by atoms with Crippen LogP contribution in [0.2, 0.25) is 0 Å². The molecular formula is C18H18N4O3S. The van der Waals surface area contributed by atoms with Gasteiger partial charge in [-0.3, -0.25) is 4.79 Å². The van der Waals surface area contributed by atoms with Crippen LogP contribution in [0.5, 0.6) is 0 Å². The van der Waals surface area contributed by atoms with Crippen LogP contribution in [0, 0.1) is 0 Å². The van der Waals surface area contributed by atoms with Crippen molar-refractivity contribution in [2.45, 2.75) is 4.90 Å². The topological polar surface area (TPSA) is 84.3 Å². The first kappa shape index (κ1) is 17.8. The number of carbonyl (C=O) groups excluding carboxylic acids is 1. The Morgan fingerprint density at radius 3 is 2.50 bits per heavy atom. The standard InChI is InChI=1S/C18H18N4O3S/c1-21(2)26(24,25)17-10-6-7-15(11-17)20-18(23)14-12-19-22(13-14)16-8-4-3-5-9-16/h3-13H,1-2H3,(H,20,23). The van der Waals surface area contributed by atoms with Crippen molar-refractivity contribution in [3.8, 4) is 5.69 Å². The number of hydrogen-bond donors (Lipinski definition) is 1. The summed E-state index contributed by atoms with van der Waals surface area (Å²) in [5.41, 5.74) is 1.60. The minimum atomic E-state index is -3.57. The number of aromatic nitrogens is 2. The monoisotopic (exact) mass is 370 g/mol. The Labute approximate surface area is 151 Å². The SMILES string of the molecule is CN(C)S(=O)(=O)c1cccc(NC(=O)c2cnn(-c3ccccc3)c2)c1. The zero-order valence-electron chi connectivity index (χ0n) is 14.3. The summed E-state index contributed by atoms with van der Waals surface area (Å²) in [5.74, 6) is -0.369. The maximum Gasteiger partial charge on any atom is 0.258 e. The average molecular weight is 370 g/mol. The molecule has 0 atom stereocenters. The van der Waals surface area contributed by atoms with E-state index in [4.69, 9.17) is 0 Å². The third-order valence-electron chi connectivity index (χ3n) is 3.74. The van der Waals surface area contributed by atoms with E-state index in [1.165, 1.54) is 32.4 Å². The van der Waals surface area contributed by atoms with Gasteiger partial charge in [0.15, 0.2) is 0 Å². The first-order valence-electron chi connectivity index (χ1n) is 7.82. The number of sulfonamides is 1. The summed E-state index contributed by atoms with van der Waals surface area (Å²) in [6.45, 7) is 0. The molecule has 0 aliphatic rings. The number of benzene rings is 2. The molecule has 26 heavy (non-hydrogen) atoms. The average Bonchev–Trinajstić information content (AvgIpc) is 3.13. The first-order valence-corrected chi connectivity index (χ1v) is 9.26. The normalized spacial score (nSPS) is 11.5. The number of para-hydroxylation sites is 1. The Balaban J connectivity index is 1.80. The summed E-state index contributed by atoms with van der Waals surface area (Å²) >= 11 is 0. The second kappa shape index (κ2) is 7.11. The summed E-state index contributed by atoms with van der Waals surface area (Å²) in [6.07, 6.45) is 3.08. The predicted molar refractivity (Wildman–Crippen MR) is 98.8 cm³/mol. The van der Waals surface area contributed by atoms with Gasteiger partial charge in [0.25, 0.3) is 5.91 Å². The van der Waals surface area contributed by atoms with E-state index in [1.54, 1.807) is 23.0 Å². The van der Waals surface area contributed by atoms with E-state index in [1.807, 2.05) is 30.3 Å². The molecule has 1 N–H and O–H groups in total. The van der Waals surface area contributed by atoms with E-state index in [0.29, 0.717) is 11.3 Å². The van der Waals surface area contributed by atoms with E-state index in [2.05, 4.69) is 10.4 Å². The lowest BCUT2D eigenvalue weighted by Crippen LogP contribution is -2.22. The molecule has 0 radical (unpaired) electrons. The number of nitrogens with one attached hydrogen (secondary N) is 1. The maximum atomic E-state index is 12.4. The van der Waals surface area contributed by atoms with Gasteiger partial charge < -0.3 is 5.32 Å². The van der Waals surface area contributed by atoms with Gasteiger partial charge in [-0.1, -0.05) is 24.3 Å². The number of rotatable bonds is 5. The van der Waals surface area contributed by atoms with Gasteiger partial charge in [0.2, 0.25) is 10.0 Å². The quantitative estimate of drug-likeness (QED) is 0.747. The van der Waals surface area contributed by atoms with Crippen molar-refractivity contribution in [1.29, 1.82) is 0 Å². The summed E-state index contributed by atoms with van der Waals surface area (Å²) in [4.78, 5) is 12.5. The molecule has 0 saturated heterocycles. The molecule has 0 unspecified atom stereocenters. The van der Waals surface area contributed by atoms with Crippen molar-refractivity contribution in [3.63, 3.8) is 0 Å². The molecule has 0 fully saturated rings. The Morgan fingerprint density at radius 1 is 1.08 bits per heavy atom. The van der Waals surface area contributed by atoms with Crippen molar-refractivity contribution in [1.82, 2.24) is 14.1 Å². The molecule has 1 aromatic heterocycles. The van der Waals surface area contributed by atoms with Crippen LogP contribution in [0.4, 0.5) is 5.69 Å². The maximum absolute atomic E-state index is 12.4. The fourth-order valence-electron chi connectivity index (χ4n) is 2.31. The molecule has 1 amide bonds. The highest BCUT2D eigenvalue weighted by Gasteiger charge is 2.18. The molecular weight excluding hydrogens is 352 g/mol. The summed E-state index contributed by atoms with van der Waals surface area (Å²) in [6, 6.07) is 15.5. The Morgan fingerprint density at radius 2 is 1.81 bits per heavy atom. The van der Waals surface area contributed by atoms with E-state index < -0.39 is 10.0 Å². The molecule has 3 aromatic rings. The summed E-state index contributed by atoms with van der Waals surface area (Å²) in [7, 11) is -0.652. The largest absolute Gasteiger partial charge is 0.322 e. The van der Waals surface area contributed by atoms with Crippen molar-refractivity contribution >= 4 is 21.6 Å². The minimum absolute atomic E-state index is 0.111. The molecule has 3 rings (SSSR count). The highest BCUT2D eigenvalue weighted by Crippen LogP contribution is 2.19. The Hall–Kier alpha value is -2.97. The van der Waals surface area contributed by atoms with Gasteiger partial charge >= 0.3 is 0 Å². The lowest BCUT2D eigenvalue weighted by Gasteiger charge is -2.12. The van der Waals surface area contributed by atoms with Gasteiger partial charge in [-0.2, -0.15) is 5.10 Å². The van der Waals surface area contributed by atoms with Gasteiger partial charge in [-0.15, -0.1) is 0 Å². The highest BCUT2D eigenvalue weighted by atomic mass is 32.2. The summed E-state index contributed by atoms with van der Waals surface area (Å²) < 4.78 is 27.1. The van der Waals surface area contributed by atoms with Gasteiger partial charge in [0.05, 0.1) is 22.3 Å².